The van der Waals surface area contributed by atoms with E-state index in [-0.39, 0.29) is 71.5 Å². The lowest BCUT2D eigenvalue weighted by molar-refractivity contribution is -0.160. The van der Waals surface area contributed by atoms with Gasteiger partial charge < -0.3 is 31.3 Å². The van der Waals surface area contributed by atoms with Gasteiger partial charge in [-0.2, -0.15) is 0 Å². The van der Waals surface area contributed by atoms with E-state index in [1.807, 2.05) is 18.7 Å². The third-order valence-electron chi connectivity index (χ3n) is 8.22. The molecule has 1 aromatic rings. The Balaban J connectivity index is 1.22. The molecule has 2 amide bonds. The molecule has 3 fully saturated rings. The average molecular weight is 562 g/mol. The number of β-lactam (4-membered cyclic amide) rings is 1. The molecule has 3 saturated heterocycles. The van der Waals surface area contributed by atoms with E-state index in [0.717, 1.165) is 0 Å². The number of hydrogen-bond donors (Lipinski definition) is 4. The number of hydrogen-bond acceptors (Lipinski definition) is 11. The third kappa shape index (κ3) is 5.32. The number of amides is 2. The molecule has 0 aliphatic carbocycles. The maximum absolute atomic E-state index is 13.2. The van der Waals surface area contributed by atoms with Gasteiger partial charge in [-0.1, -0.05) is 13.8 Å². The quantitative estimate of drug-likeness (QED) is 0.237. The monoisotopic (exact) mass is 561 g/mol. The molecule has 5 rings (SSSR count). The van der Waals surface area contributed by atoms with Gasteiger partial charge in [0.25, 0.3) is 0 Å². The first-order valence-electron chi connectivity index (χ1n) is 13.3. The van der Waals surface area contributed by atoms with Gasteiger partial charge in [0.2, 0.25) is 11.8 Å². The number of carbonyl (C=O) groups is 4. The molecule has 15 heteroatoms. The highest BCUT2D eigenvalue weighted by atomic mass is 32.2. The number of aromatic nitrogens is 4. The van der Waals surface area contributed by atoms with Crippen LogP contribution < -0.4 is 16.4 Å². The summed E-state index contributed by atoms with van der Waals surface area (Å²) >= 11 is 1.46. The van der Waals surface area contributed by atoms with Crippen molar-refractivity contribution in [2.24, 2.45) is 23.5 Å². The molecule has 39 heavy (non-hydrogen) atoms. The molecule has 14 nitrogen and oxygen atoms in total. The fraction of sp³-hybridized carbons (Fsp3) is 0.708. The maximum atomic E-state index is 13.2. The zero-order valence-electron chi connectivity index (χ0n) is 22.0. The summed E-state index contributed by atoms with van der Waals surface area (Å²) in [6, 6.07) is -0.547. The van der Waals surface area contributed by atoms with Crippen molar-refractivity contribution in [1.82, 2.24) is 40.6 Å². The molecular weight excluding hydrogens is 526 g/mol. The van der Waals surface area contributed by atoms with Crippen molar-refractivity contribution in [3.63, 3.8) is 0 Å². The minimum atomic E-state index is -1.13. The van der Waals surface area contributed by atoms with Crippen LogP contribution in [0.2, 0.25) is 0 Å². The summed E-state index contributed by atoms with van der Waals surface area (Å²) in [5.41, 5.74) is 5.81. The minimum Gasteiger partial charge on any atom is -0.477 e. The van der Waals surface area contributed by atoms with Gasteiger partial charge in [-0.05, 0) is 22.8 Å². The number of nitrogens with zero attached hydrogens (tertiary/aromatic N) is 6. The summed E-state index contributed by atoms with van der Waals surface area (Å²) < 4.78 is 1.34. The van der Waals surface area contributed by atoms with Crippen LogP contribution in [0.5, 0.6) is 0 Å². The van der Waals surface area contributed by atoms with Crippen LogP contribution in [0, 0.1) is 17.8 Å². The van der Waals surface area contributed by atoms with E-state index in [4.69, 9.17) is 5.73 Å². The summed E-state index contributed by atoms with van der Waals surface area (Å²) in [6.45, 7) is 6.78. The van der Waals surface area contributed by atoms with Crippen molar-refractivity contribution in [3.05, 3.63) is 16.9 Å². The molecule has 4 aliphatic rings. The number of aliphatic carboxylic acids is 1. The van der Waals surface area contributed by atoms with E-state index in [1.54, 1.807) is 0 Å². The number of carbonyl (C=O) groups excluding carboxylic acids is 3. The summed E-state index contributed by atoms with van der Waals surface area (Å²) in [5, 5.41) is 27.4. The number of carboxylic acids is 1. The molecule has 7 atom stereocenters. The highest BCUT2D eigenvalue weighted by molar-refractivity contribution is 8.03. The first-order chi connectivity index (χ1) is 18.7. The first kappa shape index (κ1) is 27.7. The SMILES string of the molecule is C[C@@H](CC(=O)Cn1cnnn1)[C@H]1C(=O)N2C(C(=O)O)=C(S[C@@H]3CN[C@H](C(=O)N4CCN[C@@H](CN)C4)C3)[C@H](C)[C@H]12. The first-order valence-corrected chi connectivity index (χ1v) is 14.2. The Morgan fingerprint density at radius 2 is 2.10 bits per heavy atom. The lowest BCUT2D eigenvalue weighted by Gasteiger charge is -2.47. The van der Waals surface area contributed by atoms with Crippen molar-refractivity contribution < 1.29 is 24.3 Å². The fourth-order valence-corrected chi connectivity index (χ4v) is 7.79. The Morgan fingerprint density at radius 1 is 1.31 bits per heavy atom. The summed E-state index contributed by atoms with van der Waals surface area (Å²) in [4.78, 5) is 55.1. The molecule has 5 N–H and O–H groups in total. The number of carboxylic acid groups (broad SMARTS) is 1. The Kier molecular flexibility index (Phi) is 8.03. The van der Waals surface area contributed by atoms with Crippen LogP contribution in [-0.4, -0.2) is 115 Å². The van der Waals surface area contributed by atoms with Gasteiger partial charge in [0.15, 0.2) is 5.78 Å². The van der Waals surface area contributed by atoms with Crippen molar-refractivity contribution >= 4 is 35.3 Å². The second-order valence-electron chi connectivity index (χ2n) is 10.9. The highest BCUT2D eigenvalue weighted by Gasteiger charge is 2.60. The highest BCUT2D eigenvalue weighted by Crippen LogP contribution is 2.53. The van der Waals surface area contributed by atoms with Crippen LogP contribution in [0.25, 0.3) is 0 Å². The number of piperazine rings is 1. The van der Waals surface area contributed by atoms with Gasteiger partial charge >= 0.3 is 5.97 Å². The normalized spacial score (nSPS) is 31.3. The summed E-state index contributed by atoms with van der Waals surface area (Å²) in [5.74, 6) is -2.32. The topological polar surface area (TPSA) is 189 Å². The second kappa shape index (κ2) is 11.3. The Bertz CT molecular complexity index is 1160. The number of ketones is 1. The zero-order valence-corrected chi connectivity index (χ0v) is 22.8. The van der Waals surface area contributed by atoms with Crippen molar-refractivity contribution in [2.45, 2.75) is 56.6 Å². The van der Waals surface area contributed by atoms with E-state index < -0.39 is 11.9 Å². The minimum absolute atomic E-state index is 0.00140. The molecule has 0 bridgehead atoms. The lowest BCUT2D eigenvalue weighted by Crippen LogP contribution is -2.62. The number of fused-ring (bicyclic) bond motifs is 1. The lowest BCUT2D eigenvalue weighted by atomic mass is 9.73. The van der Waals surface area contributed by atoms with Gasteiger partial charge in [-0.25, -0.2) is 9.48 Å². The van der Waals surface area contributed by atoms with Crippen LogP contribution in [0.1, 0.15) is 26.7 Å². The molecular formula is C24H35N9O5S. The molecule has 4 aliphatic heterocycles. The van der Waals surface area contributed by atoms with Crippen molar-refractivity contribution in [3.8, 4) is 0 Å². The van der Waals surface area contributed by atoms with Crippen molar-refractivity contribution in [2.75, 3.05) is 32.7 Å². The van der Waals surface area contributed by atoms with Crippen LogP contribution in [0.3, 0.4) is 0 Å². The number of tetrazole rings is 1. The fourth-order valence-electron chi connectivity index (χ4n) is 6.32. The van der Waals surface area contributed by atoms with Crippen LogP contribution in [-0.2, 0) is 25.7 Å². The maximum Gasteiger partial charge on any atom is 0.353 e. The van der Waals surface area contributed by atoms with Crippen molar-refractivity contribution in [1.29, 1.82) is 0 Å². The predicted molar refractivity (Wildman–Crippen MR) is 140 cm³/mol. The predicted octanol–water partition coefficient (Wildman–Crippen LogP) is -1.74. The van der Waals surface area contributed by atoms with E-state index in [0.29, 0.717) is 44.0 Å². The van der Waals surface area contributed by atoms with E-state index in [9.17, 15) is 24.3 Å². The number of rotatable bonds is 10. The van der Waals surface area contributed by atoms with E-state index >= 15 is 0 Å². The van der Waals surface area contributed by atoms with Gasteiger partial charge in [0.05, 0.1) is 18.0 Å². The molecule has 0 spiro atoms. The van der Waals surface area contributed by atoms with E-state index in [1.165, 1.54) is 27.7 Å². The van der Waals surface area contributed by atoms with Crippen LogP contribution >= 0.6 is 11.8 Å². The smallest absolute Gasteiger partial charge is 0.353 e. The Morgan fingerprint density at radius 3 is 2.79 bits per heavy atom. The summed E-state index contributed by atoms with van der Waals surface area (Å²) in [6.07, 6.45) is 2.11. The van der Waals surface area contributed by atoms with E-state index in [2.05, 4.69) is 26.2 Å². The van der Waals surface area contributed by atoms with Crippen LogP contribution in [0.4, 0.5) is 0 Å². The summed E-state index contributed by atoms with van der Waals surface area (Å²) in [7, 11) is 0. The molecule has 212 valence electrons. The molecule has 0 unspecified atom stereocenters. The molecule has 0 saturated carbocycles. The Hall–Kier alpha value is -2.88. The van der Waals surface area contributed by atoms with Gasteiger partial charge in [-0.15, -0.1) is 16.9 Å². The van der Waals surface area contributed by atoms with Crippen LogP contribution in [0.15, 0.2) is 16.9 Å². The molecule has 1 aromatic heterocycles. The standard InChI is InChI=1S/C24H35N9O5S/c1-12(5-15(34)10-32-11-28-29-30-32)18-19-13(2)21(20(24(37)38)33(19)23(18)36)39-16-6-17(27-8-16)22(35)31-4-3-26-14(7-25)9-31/h11-14,16-19,26-27H,3-10,25H2,1-2H3,(H,37,38)/t12-,13+,14-,16-,17-,18+,19+/m0/s1. The van der Waals surface area contributed by atoms with Gasteiger partial charge in [0.1, 0.15) is 18.6 Å². The third-order valence-corrected chi connectivity index (χ3v) is 9.73. The number of nitrogens with two attached hydrogens (primary N) is 1. The number of thioether (sulfide) groups is 1. The number of Topliss-reactive ketones (excluding diaryl/α,β-unsaturated/α-hetero) is 1. The molecule has 0 radical (unpaired) electrons. The largest absolute Gasteiger partial charge is 0.477 e. The van der Waals surface area contributed by atoms with Gasteiger partial charge in [0, 0.05) is 61.3 Å². The average Bonchev–Trinajstić information content (AvgIpc) is 3.64. The second-order valence-corrected chi connectivity index (χ2v) is 12.2. The Labute approximate surface area is 230 Å². The molecule has 0 aromatic carbocycles. The van der Waals surface area contributed by atoms with Gasteiger partial charge in [-0.3, -0.25) is 14.4 Å². The number of nitrogens with one attached hydrogen (secondary N) is 2. The zero-order chi connectivity index (χ0) is 27.8. The molecule has 5 heterocycles.